The number of aromatic nitrogens is 1. The van der Waals surface area contributed by atoms with E-state index in [1.54, 1.807) is 19.2 Å². The molecule has 0 aromatic carbocycles. The van der Waals surface area contributed by atoms with Gasteiger partial charge >= 0.3 is 5.97 Å². The van der Waals surface area contributed by atoms with E-state index in [1.165, 1.54) is 6.42 Å². The van der Waals surface area contributed by atoms with Gasteiger partial charge in [0.25, 0.3) is 0 Å². The van der Waals surface area contributed by atoms with Crippen molar-refractivity contribution in [2.24, 2.45) is 11.8 Å². The minimum Gasteiger partial charge on any atom is -0.462 e. The minimum atomic E-state index is -0.304. The summed E-state index contributed by atoms with van der Waals surface area (Å²) in [5.41, 5.74) is 0.517. The first-order chi connectivity index (χ1) is 9.10. The number of rotatable bonds is 3. The molecule has 1 saturated heterocycles. The Morgan fingerprint density at radius 3 is 2.58 bits per heavy atom. The third-order valence-electron chi connectivity index (χ3n) is 3.45. The zero-order valence-corrected chi connectivity index (χ0v) is 11.9. The molecular weight excluding hydrogens is 240 g/mol. The second-order valence-corrected chi connectivity index (χ2v) is 5.48. The molecule has 0 amide bonds. The van der Waals surface area contributed by atoms with Crippen molar-refractivity contribution in [2.75, 3.05) is 24.6 Å². The van der Waals surface area contributed by atoms with E-state index in [2.05, 4.69) is 23.7 Å². The number of ether oxygens (including phenoxy) is 1. The Kier molecular flexibility index (Phi) is 4.40. The number of esters is 1. The predicted molar refractivity (Wildman–Crippen MR) is 75.4 cm³/mol. The van der Waals surface area contributed by atoms with Crippen molar-refractivity contribution in [1.82, 2.24) is 4.98 Å². The standard InChI is InChI=1S/C15H22N2O2/c1-4-19-15(18)13-5-6-14(16-8-13)17-9-11(2)7-12(3)10-17/h5-6,8,11-12H,4,7,9-10H2,1-3H3. The average molecular weight is 262 g/mol. The highest BCUT2D eigenvalue weighted by Crippen LogP contribution is 2.24. The van der Waals surface area contributed by atoms with E-state index in [4.69, 9.17) is 4.74 Å². The molecule has 104 valence electrons. The molecule has 2 heterocycles. The lowest BCUT2D eigenvalue weighted by atomic mass is 9.92. The Hall–Kier alpha value is -1.58. The van der Waals surface area contributed by atoms with Crippen LogP contribution in [-0.4, -0.2) is 30.6 Å². The summed E-state index contributed by atoms with van der Waals surface area (Å²) in [6.07, 6.45) is 2.88. The monoisotopic (exact) mass is 262 g/mol. The highest BCUT2D eigenvalue weighted by molar-refractivity contribution is 5.89. The van der Waals surface area contributed by atoms with E-state index in [9.17, 15) is 4.79 Å². The van der Waals surface area contributed by atoms with Gasteiger partial charge in [0.2, 0.25) is 0 Å². The average Bonchev–Trinajstić information content (AvgIpc) is 2.38. The second kappa shape index (κ2) is 6.04. The van der Waals surface area contributed by atoms with Crippen LogP contribution in [0.5, 0.6) is 0 Å². The summed E-state index contributed by atoms with van der Waals surface area (Å²) < 4.78 is 4.95. The summed E-state index contributed by atoms with van der Waals surface area (Å²) >= 11 is 0. The van der Waals surface area contributed by atoms with Crippen LogP contribution < -0.4 is 4.90 Å². The highest BCUT2D eigenvalue weighted by atomic mass is 16.5. The van der Waals surface area contributed by atoms with Crippen LogP contribution in [-0.2, 0) is 4.74 Å². The van der Waals surface area contributed by atoms with E-state index in [0.717, 1.165) is 18.9 Å². The fourth-order valence-electron chi connectivity index (χ4n) is 2.76. The third kappa shape index (κ3) is 3.46. The maximum absolute atomic E-state index is 11.6. The van der Waals surface area contributed by atoms with Gasteiger partial charge in [-0.15, -0.1) is 0 Å². The zero-order chi connectivity index (χ0) is 13.8. The molecule has 0 aliphatic carbocycles. The number of hydrogen-bond donors (Lipinski definition) is 0. The largest absolute Gasteiger partial charge is 0.462 e. The molecule has 0 N–H and O–H groups in total. The molecule has 2 atom stereocenters. The Morgan fingerprint density at radius 2 is 2.05 bits per heavy atom. The van der Waals surface area contributed by atoms with Gasteiger partial charge < -0.3 is 9.64 Å². The van der Waals surface area contributed by atoms with Gasteiger partial charge in [0, 0.05) is 19.3 Å². The van der Waals surface area contributed by atoms with Crippen LogP contribution in [0.25, 0.3) is 0 Å². The molecule has 2 unspecified atom stereocenters. The SMILES string of the molecule is CCOC(=O)c1ccc(N2CC(C)CC(C)C2)nc1. The van der Waals surface area contributed by atoms with Crippen molar-refractivity contribution >= 4 is 11.8 Å². The summed E-state index contributed by atoms with van der Waals surface area (Å²) in [6, 6.07) is 3.71. The number of piperidine rings is 1. The van der Waals surface area contributed by atoms with Crippen molar-refractivity contribution in [3.8, 4) is 0 Å². The number of anilines is 1. The summed E-state index contributed by atoms with van der Waals surface area (Å²) in [6.45, 7) is 8.81. The zero-order valence-electron chi connectivity index (χ0n) is 11.9. The molecule has 1 aliphatic rings. The van der Waals surface area contributed by atoms with Gasteiger partial charge in [0.1, 0.15) is 5.82 Å². The van der Waals surface area contributed by atoms with E-state index in [0.29, 0.717) is 24.0 Å². The van der Waals surface area contributed by atoms with E-state index >= 15 is 0 Å². The van der Waals surface area contributed by atoms with Crippen molar-refractivity contribution in [1.29, 1.82) is 0 Å². The Labute approximate surface area is 114 Å². The Morgan fingerprint density at radius 1 is 1.37 bits per heavy atom. The first-order valence-electron chi connectivity index (χ1n) is 6.98. The molecule has 2 rings (SSSR count). The van der Waals surface area contributed by atoms with Crippen molar-refractivity contribution in [3.05, 3.63) is 23.9 Å². The normalized spacial score (nSPS) is 23.2. The molecule has 0 radical (unpaired) electrons. The van der Waals surface area contributed by atoms with Gasteiger partial charge in [-0.1, -0.05) is 13.8 Å². The van der Waals surface area contributed by atoms with Gasteiger partial charge in [0.15, 0.2) is 0 Å². The molecule has 1 fully saturated rings. The number of nitrogens with zero attached hydrogens (tertiary/aromatic N) is 2. The number of pyridine rings is 1. The van der Waals surface area contributed by atoms with Gasteiger partial charge in [-0.3, -0.25) is 0 Å². The van der Waals surface area contributed by atoms with Crippen LogP contribution in [0, 0.1) is 11.8 Å². The smallest absolute Gasteiger partial charge is 0.339 e. The maximum Gasteiger partial charge on any atom is 0.339 e. The first kappa shape index (κ1) is 13.8. The molecule has 4 heteroatoms. The van der Waals surface area contributed by atoms with Crippen LogP contribution in [0.2, 0.25) is 0 Å². The lowest BCUT2D eigenvalue weighted by molar-refractivity contribution is 0.0526. The van der Waals surface area contributed by atoms with E-state index in [1.807, 2.05) is 6.07 Å². The number of carbonyl (C=O) groups is 1. The first-order valence-corrected chi connectivity index (χ1v) is 6.98. The molecule has 0 spiro atoms. The number of hydrogen-bond acceptors (Lipinski definition) is 4. The summed E-state index contributed by atoms with van der Waals surface area (Å²) in [5.74, 6) is 2.03. The number of carbonyl (C=O) groups excluding carboxylic acids is 1. The quantitative estimate of drug-likeness (QED) is 0.786. The topological polar surface area (TPSA) is 42.4 Å². The predicted octanol–water partition coefficient (Wildman–Crippen LogP) is 2.74. The van der Waals surface area contributed by atoms with Gasteiger partial charge in [0.05, 0.1) is 12.2 Å². The third-order valence-corrected chi connectivity index (χ3v) is 3.45. The van der Waals surface area contributed by atoms with Crippen LogP contribution in [0.4, 0.5) is 5.82 Å². The molecular formula is C15H22N2O2. The summed E-state index contributed by atoms with van der Waals surface area (Å²) in [4.78, 5) is 18.3. The Bertz CT molecular complexity index is 420. The minimum absolute atomic E-state index is 0.304. The van der Waals surface area contributed by atoms with Crippen molar-refractivity contribution in [3.63, 3.8) is 0 Å². The fraction of sp³-hybridized carbons (Fsp3) is 0.600. The molecule has 0 bridgehead atoms. The molecule has 0 saturated carbocycles. The summed E-state index contributed by atoms with van der Waals surface area (Å²) in [7, 11) is 0. The van der Waals surface area contributed by atoms with Gasteiger partial charge in [-0.05, 0) is 37.3 Å². The fourth-order valence-corrected chi connectivity index (χ4v) is 2.76. The lowest BCUT2D eigenvalue weighted by Gasteiger charge is -2.35. The molecule has 1 aromatic rings. The lowest BCUT2D eigenvalue weighted by Crippen LogP contribution is -2.39. The summed E-state index contributed by atoms with van der Waals surface area (Å²) in [5, 5.41) is 0. The molecule has 1 aliphatic heterocycles. The van der Waals surface area contributed by atoms with Crippen molar-refractivity contribution < 1.29 is 9.53 Å². The van der Waals surface area contributed by atoms with Crippen LogP contribution in [0.15, 0.2) is 18.3 Å². The highest BCUT2D eigenvalue weighted by Gasteiger charge is 2.22. The molecule has 1 aromatic heterocycles. The van der Waals surface area contributed by atoms with Crippen LogP contribution in [0.1, 0.15) is 37.6 Å². The van der Waals surface area contributed by atoms with Crippen LogP contribution >= 0.6 is 0 Å². The molecule has 4 nitrogen and oxygen atoms in total. The maximum atomic E-state index is 11.6. The van der Waals surface area contributed by atoms with Crippen LogP contribution in [0.3, 0.4) is 0 Å². The Balaban J connectivity index is 2.07. The van der Waals surface area contributed by atoms with Crippen molar-refractivity contribution in [2.45, 2.75) is 27.2 Å². The molecule has 19 heavy (non-hydrogen) atoms. The second-order valence-electron chi connectivity index (χ2n) is 5.48. The van der Waals surface area contributed by atoms with E-state index in [-0.39, 0.29) is 5.97 Å². The van der Waals surface area contributed by atoms with Gasteiger partial charge in [-0.25, -0.2) is 9.78 Å². The van der Waals surface area contributed by atoms with Gasteiger partial charge in [-0.2, -0.15) is 0 Å². The van der Waals surface area contributed by atoms with E-state index < -0.39 is 0 Å².